The molecule has 4 nitrogen and oxygen atoms in total. The van der Waals surface area contributed by atoms with Crippen LogP contribution in [0.5, 0.6) is 0 Å². The molecule has 3 rings (SSSR count). The molecule has 1 aromatic heterocycles. The Morgan fingerprint density at radius 3 is 2.48 bits per heavy atom. The van der Waals surface area contributed by atoms with Gasteiger partial charge in [-0.2, -0.15) is 5.21 Å². The fraction of sp³-hybridized carbons (Fsp3) is 0.421. The number of aromatic amines is 1. The molecular formula is C19H24N4. The van der Waals surface area contributed by atoms with Crippen molar-refractivity contribution in [2.24, 2.45) is 0 Å². The predicted octanol–water partition coefficient (Wildman–Crippen LogP) is 4.37. The Balaban J connectivity index is 2.05. The summed E-state index contributed by atoms with van der Waals surface area (Å²) in [5, 5.41) is 14.7. The Bertz CT molecular complexity index is 711. The van der Waals surface area contributed by atoms with Gasteiger partial charge in [0.1, 0.15) is 0 Å². The van der Waals surface area contributed by atoms with Gasteiger partial charge in [0, 0.05) is 5.57 Å². The predicted molar refractivity (Wildman–Crippen MR) is 93.8 cm³/mol. The maximum atomic E-state index is 4.19. The molecule has 0 fully saturated rings. The molecule has 23 heavy (non-hydrogen) atoms. The maximum Gasteiger partial charge on any atom is 0.204 e. The highest BCUT2D eigenvalue weighted by molar-refractivity contribution is 6.03. The van der Waals surface area contributed by atoms with E-state index >= 15 is 0 Å². The molecular weight excluding hydrogens is 284 g/mol. The van der Waals surface area contributed by atoms with Gasteiger partial charge in [-0.05, 0) is 66.0 Å². The molecule has 0 saturated carbocycles. The van der Waals surface area contributed by atoms with Crippen LogP contribution in [0.2, 0.25) is 0 Å². The molecule has 0 spiro atoms. The molecule has 120 valence electrons. The Labute approximate surface area is 137 Å². The molecule has 0 unspecified atom stereocenters. The Morgan fingerprint density at radius 1 is 1.04 bits per heavy atom. The molecule has 0 bridgehead atoms. The molecule has 1 N–H and O–H groups in total. The van der Waals surface area contributed by atoms with E-state index in [4.69, 9.17) is 0 Å². The summed E-state index contributed by atoms with van der Waals surface area (Å²) in [6.45, 7) is 4.30. The number of hydrogen-bond acceptors (Lipinski definition) is 3. The van der Waals surface area contributed by atoms with Gasteiger partial charge in [0.15, 0.2) is 0 Å². The number of tetrazole rings is 1. The summed E-state index contributed by atoms with van der Waals surface area (Å²) < 4.78 is 0. The minimum Gasteiger partial charge on any atom is -0.177 e. The van der Waals surface area contributed by atoms with Crippen molar-refractivity contribution in [2.45, 2.75) is 52.4 Å². The highest BCUT2D eigenvalue weighted by Crippen LogP contribution is 2.32. The minimum atomic E-state index is 0.671. The van der Waals surface area contributed by atoms with Gasteiger partial charge < -0.3 is 0 Å². The standard InChI is InChI=1S/C19H24N4/c1-3-7-17(18(8-4-2)19-20-22-23-21-19)16-12-11-14-9-5-6-10-15(14)13-16/h7-8,11-13H,3-6,9-10H2,1-2H3,(H,20,21,22,23)/b17-7-,18-8+. The van der Waals surface area contributed by atoms with Gasteiger partial charge in [0.2, 0.25) is 5.82 Å². The number of benzene rings is 1. The van der Waals surface area contributed by atoms with Crippen LogP contribution in [-0.4, -0.2) is 20.6 Å². The first-order chi connectivity index (χ1) is 11.3. The van der Waals surface area contributed by atoms with Crippen LogP contribution in [0, 0.1) is 0 Å². The summed E-state index contributed by atoms with van der Waals surface area (Å²) in [5.74, 6) is 0.671. The van der Waals surface area contributed by atoms with Gasteiger partial charge in [0.25, 0.3) is 0 Å². The van der Waals surface area contributed by atoms with Crippen molar-refractivity contribution in [3.8, 4) is 0 Å². The molecule has 0 aliphatic heterocycles. The third-order valence-corrected chi connectivity index (χ3v) is 4.35. The average molecular weight is 308 g/mol. The summed E-state index contributed by atoms with van der Waals surface area (Å²) >= 11 is 0. The molecule has 4 heteroatoms. The highest BCUT2D eigenvalue weighted by Gasteiger charge is 2.16. The van der Waals surface area contributed by atoms with Gasteiger partial charge >= 0.3 is 0 Å². The van der Waals surface area contributed by atoms with Crippen molar-refractivity contribution in [3.05, 3.63) is 52.9 Å². The second kappa shape index (κ2) is 7.36. The molecule has 1 aliphatic rings. The summed E-state index contributed by atoms with van der Waals surface area (Å²) in [4.78, 5) is 0. The van der Waals surface area contributed by atoms with E-state index in [0.717, 1.165) is 18.4 Å². The van der Waals surface area contributed by atoms with E-state index in [1.54, 1.807) is 0 Å². The minimum absolute atomic E-state index is 0.671. The number of aromatic nitrogens is 4. The Kier molecular flexibility index (Phi) is 5.01. The van der Waals surface area contributed by atoms with Crippen LogP contribution in [0.25, 0.3) is 11.1 Å². The number of H-pyrrole nitrogens is 1. The Morgan fingerprint density at radius 2 is 1.78 bits per heavy atom. The molecule has 0 atom stereocenters. The van der Waals surface area contributed by atoms with E-state index in [1.165, 1.54) is 47.9 Å². The number of hydrogen-bond donors (Lipinski definition) is 1. The highest BCUT2D eigenvalue weighted by atomic mass is 15.5. The number of fused-ring (bicyclic) bond motifs is 1. The third-order valence-electron chi connectivity index (χ3n) is 4.35. The third kappa shape index (κ3) is 3.41. The van der Waals surface area contributed by atoms with Gasteiger partial charge in [-0.1, -0.05) is 44.2 Å². The first-order valence-electron chi connectivity index (χ1n) is 8.60. The normalized spacial score (nSPS) is 15.6. The molecule has 1 aromatic carbocycles. The number of rotatable bonds is 5. The Hall–Kier alpha value is -2.23. The SMILES string of the molecule is CC/C=C(\C(=C/CC)c1nn[nH]n1)c1ccc2c(c1)CCCC2. The number of allylic oxidation sites excluding steroid dienone is 4. The van der Waals surface area contributed by atoms with Gasteiger partial charge in [-0.25, -0.2) is 0 Å². The maximum absolute atomic E-state index is 4.19. The fourth-order valence-electron chi connectivity index (χ4n) is 3.29. The van der Waals surface area contributed by atoms with Crippen LogP contribution in [0.4, 0.5) is 0 Å². The number of nitrogens with zero attached hydrogens (tertiary/aromatic N) is 3. The lowest BCUT2D eigenvalue weighted by molar-refractivity contribution is 0.685. The van der Waals surface area contributed by atoms with E-state index in [1.807, 2.05) is 0 Å². The summed E-state index contributed by atoms with van der Waals surface area (Å²) in [6, 6.07) is 6.90. The topological polar surface area (TPSA) is 54.5 Å². The zero-order valence-electron chi connectivity index (χ0n) is 14.0. The van der Waals surface area contributed by atoms with Gasteiger partial charge in [0.05, 0.1) is 0 Å². The van der Waals surface area contributed by atoms with E-state index in [0.29, 0.717) is 5.82 Å². The van der Waals surface area contributed by atoms with Crippen LogP contribution >= 0.6 is 0 Å². The van der Waals surface area contributed by atoms with Crippen molar-refractivity contribution >= 4 is 11.1 Å². The molecule has 1 aliphatic carbocycles. The molecule has 1 heterocycles. The molecule has 0 radical (unpaired) electrons. The van der Waals surface area contributed by atoms with Crippen LogP contribution in [-0.2, 0) is 12.8 Å². The number of aryl methyl sites for hydroxylation is 2. The van der Waals surface area contributed by atoms with Crippen molar-refractivity contribution < 1.29 is 0 Å². The molecule has 2 aromatic rings. The van der Waals surface area contributed by atoms with Crippen molar-refractivity contribution in [1.29, 1.82) is 0 Å². The number of nitrogens with one attached hydrogen (secondary N) is 1. The summed E-state index contributed by atoms with van der Waals surface area (Å²) in [6.07, 6.45) is 11.4. The van der Waals surface area contributed by atoms with E-state index in [2.05, 4.69) is 64.8 Å². The zero-order valence-corrected chi connectivity index (χ0v) is 14.0. The van der Waals surface area contributed by atoms with Crippen LogP contribution in [0.3, 0.4) is 0 Å². The van der Waals surface area contributed by atoms with Crippen LogP contribution < -0.4 is 0 Å². The van der Waals surface area contributed by atoms with Crippen molar-refractivity contribution in [3.63, 3.8) is 0 Å². The van der Waals surface area contributed by atoms with Crippen molar-refractivity contribution in [1.82, 2.24) is 20.6 Å². The van der Waals surface area contributed by atoms with Crippen LogP contribution in [0.15, 0.2) is 30.4 Å². The van der Waals surface area contributed by atoms with Gasteiger partial charge in [-0.15, -0.1) is 10.2 Å². The van der Waals surface area contributed by atoms with E-state index < -0.39 is 0 Å². The fourth-order valence-corrected chi connectivity index (χ4v) is 3.29. The first-order valence-corrected chi connectivity index (χ1v) is 8.60. The van der Waals surface area contributed by atoms with E-state index in [-0.39, 0.29) is 0 Å². The zero-order chi connectivity index (χ0) is 16.1. The summed E-state index contributed by atoms with van der Waals surface area (Å²) in [5.41, 5.74) is 6.55. The lowest BCUT2D eigenvalue weighted by atomic mass is 9.87. The average Bonchev–Trinajstić information content (AvgIpc) is 3.12. The quantitative estimate of drug-likeness (QED) is 0.835. The van der Waals surface area contributed by atoms with Crippen LogP contribution in [0.1, 0.15) is 62.0 Å². The lowest BCUT2D eigenvalue weighted by Crippen LogP contribution is -2.03. The van der Waals surface area contributed by atoms with Gasteiger partial charge in [-0.3, -0.25) is 0 Å². The lowest BCUT2D eigenvalue weighted by Gasteiger charge is -2.18. The molecule has 0 amide bonds. The first kappa shape index (κ1) is 15.7. The second-order valence-corrected chi connectivity index (χ2v) is 5.98. The monoisotopic (exact) mass is 308 g/mol. The summed E-state index contributed by atoms with van der Waals surface area (Å²) in [7, 11) is 0. The molecule has 0 saturated heterocycles. The second-order valence-electron chi connectivity index (χ2n) is 5.98. The smallest absolute Gasteiger partial charge is 0.177 e. The van der Waals surface area contributed by atoms with Crippen molar-refractivity contribution in [2.75, 3.05) is 0 Å². The largest absolute Gasteiger partial charge is 0.204 e. The van der Waals surface area contributed by atoms with E-state index in [9.17, 15) is 0 Å².